The second kappa shape index (κ2) is 11.9. The number of amides is 2. The van der Waals surface area contributed by atoms with Gasteiger partial charge in [-0.1, -0.05) is 13.8 Å². The van der Waals surface area contributed by atoms with Gasteiger partial charge in [-0.15, -0.1) is 0 Å². The van der Waals surface area contributed by atoms with Gasteiger partial charge in [0.25, 0.3) is 0 Å². The predicted molar refractivity (Wildman–Crippen MR) is 120 cm³/mol. The maximum absolute atomic E-state index is 13.3. The van der Waals surface area contributed by atoms with Gasteiger partial charge in [-0.25, -0.2) is 0 Å². The van der Waals surface area contributed by atoms with E-state index in [0.717, 1.165) is 43.5 Å². The second-order valence-electron chi connectivity index (χ2n) is 8.09. The first-order valence-corrected chi connectivity index (χ1v) is 10.9. The summed E-state index contributed by atoms with van der Waals surface area (Å²) in [5, 5.41) is 2.86. The number of benzene rings is 1. The first-order valence-electron chi connectivity index (χ1n) is 10.9. The third-order valence-electron chi connectivity index (χ3n) is 5.58. The molecule has 168 valence electrons. The van der Waals surface area contributed by atoms with Crippen LogP contribution in [0, 0.1) is 5.92 Å². The van der Waals surface area contributed by atoms with E-state index in [0.29, 0.717) is 18.8 Å². The quantitative estimate of drug-likeness (QED) is 0.596. The van der Waals surface area contributed by atoms with Gasteiger partial charge < -0.3 is 24.6 Å². The number of rotatable bonds is 11. The largest absolute Gasteiger partial charge is 0.377 e. The van der Waals surface area contributed by atoms with Gasteiger partial charge in [-0.3, -0.25) is 9.59 Å². The molecule has 7 heteroatoms. The Balaban J connectivity index is 2.30. The minimum absolute atomic E-state index is 0.00305. The Labute approximate surface area is 180 Å². The van der Waals surface area contributed by atoms with Crippen molar-refractivity contribution in [2.75, 3.05) is 51.2 Å². The number of hydrogen-bond donors (Lipinski definition) is 1. The number of hydrogen-bond acceptors (Lipinski definition) is 5. The zero-order valence-electron chi connectivity index (χ0n) is 19.1. The molecule has 30 heavy (non-hydrogen) atoms. The van der Waals surface area contributed by atoms with Crippen molar-refractivity contribution in [2.24, 2.45) is 5.92 Å². The van der Waals surface area contributed by atoms with E-state index in [1.807, 2.05) is 42.1 Å². The third-order valence-corrected chi connectivity index (χ3v) is 5.58. The number of anilines is 2. The molecule has 1 aliphatic heterocycles. The molecular weight excluding hydrogens is 382 g/mol. The van der Waals surface area contributed by atoms with Crippen LogP contribution >= 0.6 is 0 Å². The highest BCUT2D eigenvalue weighted by Crippen LogP contribution is 2.27. The van der Waals surface area contributed by atoms with Gasteiger partial charge >= 0.3 is 0 Å². The molecule has 0 unspecified atom stereocenters. The molecule has 7 nitrogen and oxygen atoms in total. The van der Waals surface area contributed by atoms with Gasteiger partial charge in [0.1, 0.15) is 6.61 Å². The van der Waals surface area contributed by atoms with Crippen molar-refractivity contribution in [1.82, 2.24) is 4.90 Å². The molecule has 0 spiro atoms. The molecule has 1 saturated heterocycles. The summed E-state index contributed by atoms with van der Waals surface area (Å²) in [4.78, 5) is 29.2. The van der Waals surface area contributed by atoms with E-state index < -0.39 is 0 Å². The normalized spacial score (nSPS) is 16.0. The van der Waals surface area contributed by atoms with E-state index in [2.05, 4.69) is 19.2 Å². The standard InChI is InChI=1S/C23H37N3O4/c1-6-17(7-2)23(28)26(15-20-9-8-12-30-20)14-18-13-19(24-22(27)16-29-5)10-11-21(18)25(3)4/h10-11,13,17,20H,6-9,12,14-16H2,1-5H3,(H,24,27)/t20-/m1/s1. The first-order chi connectivity index (χ1) is 14.4. The summed E-state index contributed by atoms with van der Waals surface area (Å²) in [5.74, 6) is -0.0156. The van der Waals surface area contributed by atoms with Crippen molar-refractivity contribution in [3.05, 3.63) is 23.8 Å². The number of methoxy groups -OCH3 is 1. The SMILES string of the molecule is CCC(CC)C(=O)N(Cc1cc(NC(=O)COC)ccc1N(C)C)C[C@H]1CCCO1. The van der Waals surface area contributed by atoms with Crippen LogP contribution in [0.1, 0.15) is 45.1 Å². The van der Waals surface area contributed by atoms with E-state index >= 15 is 0 Å². The Morgan fingerprint density at radius 1 is 1.27 bits per heavy atom. The molecule has 0 radical (unpaired) electrons. The highest BCUT2D eigenvalue weighted by atomic mass is 16.5. The smallest absolute Gasteiger partial charge is 0.250 e. The summed E-state index contributed by atoms with van der Waals surface area (Å²) in [6.45, 7) is 5.98. The molecule has 0 aromatic heterocycles. The van der Waals surface area contributed by atoms with Gasteiger partial charge in [0, 0.05) is 58.2 Å². The average Bonchev–Trinajstić information content (AvgIpc) is 3.21. The molecule has 0 aliphatic carbocycles. The predicted octanol–water partition coefficient (Wildman–Crippen LogP) is 3.28. The zero-order valence-corrected chi connectivity index (χ0v) is 19.1. The van der Waals surface area contributed by atoms with Crippen LogP contribution in [0.2, 0.25) is 0 Å². The molecule has 1 fully saturated rings. The minimum Gasteiger partial charge on any atom is -0.377 e. The fourth-order valence-electron chi connectivity index (χ4n) is 3.92. The molecule has 1 aromatic rings. The van der Waals surface area contributed by atoms with Crippen LogP contribution in [0.5, 0.6) is 0 Å². The van der Waals surface area contributed by atoms with E-state index in [1.54, 1.807) is 0 Å². The fourth-order valence-corrected chi connectivity index (χ4v) is 3.92. The Hall–Kier alpha value is -2.12. The number of carbonyl (C=O) groups is 2. The number of ether oxygens (including phenoxy) is 2. The van der Waals surface area contributed by atoms with E-state index in [9.17, 15) is 9.59 Å². The molecule has 2 amide bonds. The lowest BCUT2D eigenvalue weighted by molar-refractivity contribution is -0.138. The second-order valence-corrected chi connectivity index (χ2v) is 8.09. The van der Waals surface area contributed by atoms with Gasteiger partial charge in [-0.05, 0) is 49.4 Å². The van der Waals surface area contributed by atoms with Gasteiger partial charge in [0.15, 0.2) is 0 Å². The van der Waals surface area contributed by atoms with Gasteiger partial charge in [0.05, 0.1) is 6.10 Å². The van der Waals surface area contributed by atoms with E-state index in [1.165, 1.54) is 7.11 Å². The van der Waals surface area contributed by atoms with Crippen LogP contribution in [0.15, 0.2) is 18.2 Å². The highest BCUT2D eigenvalue weighted by molar-refractivity contribution is 5.92. The topological polar surface area (TPSA) is 71.1 Å². The molecular formula is C23H37N3O4. The molecule has 0 saturated carbocycles. The molecule has 1 atom stereocenters. The lowest BCUT2D eigenvalue weighted by Gasteiger charge is -2.30. The van der Waals surface area contributed by atoms with Gasteiger partial charge in [0.2, 0.25) is 11.8 Å². The highest BCUT2D eigenvalue weighted by Gasteiger charge is 2.27. The maximum Gasteiger partial charge on any atom is 0.250 e. The van der Waals surface area contributed by atoms with Crippen molar-refractivity contribution in [2.45, 2.75) is 52.2 Å². The van der Waals surface area contributed by atoms with Crippen LogP contribution in [-0.2, 0) is 25.6 Å². The average molecular weight is 420 g/mol. The van der Waals surface area contributed by atoms with E-state index in [4.69, 9.17) is 9.47 Å². The monoisotopic (exact) mass is 419 g/mol. The van der Waals surface area contributed by atoms with Crippen LogP contribution in [-0.4, -0.2) is 63.8 Å². The summed E-state index contributed by atoms with van der Waals surface area (Å²) in [6, 6.07) is 5.80. The lowest BCUT2D eigenvalue weighted by atomic mass is 10.0. The summed E-state index contributed by atoms with van der Waals surface area (Å²) < 4.78 is 10.7. The van der Waals surface area contributed by atoms with Crippen molar-refractivity contribution >= 4 is 23.2 Å². The van der Waals surface area contributed by atoms with Crippen molar-refractivity contribution in [3.8, 4) is 0 Å². The molecule has 0 bridgehead atoms. The Morgan fingerprint density at radius 2 is 2.00 bits per heavy atom. The Morgan fingerprint density at radius 3 is 2.57 bits per heavy atom. The summed E-state index contributed by atoms with van der Waals surface area (Å²) in [6.07, 6.45) is 3.77. The molecule has 1 aromatic carbocycles. The van der Waals surface area contributed by atoms with Crippen LogP contribution in [0.25, 0.3) is 0 Å². The number of carbonyl (C=O) groups excluding carboxylic acids is 2. The van der Waals surface area contributed by atoms with Crippen molar-refractivity contribution in [3.63, 3.8) is 0 Å². The van der Waals surface area contributed by atoms with Crippen LogP contribution in [0.4, 0.5) is 11.4 Å². The van der Waals surface area contributed by atoms with Crippen LogP contribution in [0.3, 0.4) is 0 Å². The van der Waals surface area contributed by atoms with E-state index in [-0.39, 0.29) is 30.4 Å². The van der Waals surface area contributed by atoms with Crippen molar-refractivity contribution in [1.29, 1.82) is 0 Å². The van der Waals surface area contributed by atoms with Crippen LogP contribution < -0.4 is 10.2 Å². The Kier molecular flexibility index (Phi) is 9.59. The summed E-state index contributed by atoms with van der Waals surface area (Å²) in [5.41, 5.74) is 2.71. The molecule has 1 aliphatic rings. The zero-order chi connectivity index (χ0) is 22.1. The van der Waals surface area contributed by atoms with Gasteiger partial charge in [-0.2, -0.15) is 0 Å². The third kappa shape index (κ3) is 6.71. The summed E-state index contributed by atoms with van der Waals surface area (Å²) in [7, 11) is 5.46. The molecule has 1 heterocycles. The summed E-state index contributed by atoms with van der Waals surface area (Å²) >= 11 is 0. The molecule has 1 N–H and O–H groups in total. The first kappa shape index (κ1) is 24.2. The lowest BCUT2D eigenvalue weighted by Crippen LogP contribution is -2.40. The number of nitrogens with one attached hydrogen (secondary N) is 1. The maximum atomic E-state index is 13.3. The Bertz CT molecular complexity index is 698. The minimum atomic E-state index is -0.203. The van der Waals surface area contributed by atoms with Crippen molar-refractivity contribution < 1.29 is 19.1 Å². The number of nitrogens with zero attached hydrogens (tertiary/aromatic N) is 2. The fraction of sp³-hybridized carbons (Fsp3) is 0.652. The molecule has 2 rings (SSSR count).